The van der Waals surface area contributed by atoms with E-state index in [0.717, 1.165) is 4.47 Å². The first-order chi connectivity index (χ1) is 13.0. The molecule has 7 nitrogen and oxygen atoms in total. The van der Waals surface area contributed by atoms with Gasteiger partial charge >= 0.3 is 5.97 Å². The molecule has 0 aliphatic heterocycles. The molecule has 0 fully saturated rings. The molecule has 0 atom stereocenters. The number of esters is 1. The summed E-state index contributed by atoms with van der Waals surface area (Å²) in [7, 11) is 0. The van der Waals surface area contributed by atoms with E-state index in [1.807, 2.05) is 0 Å². The van der Waals surface area contributed by atoms with Crippen LogP contribution in [0.25, 0.3) is 0 Å². The van der Waals surface area contributed by atoms with Crippen molar-refractivity contribution in [2.45, 2.75) is 0 Å². The van der Waals surface area contributed by atoms with Crippen LogP contribution in [0.2, 0.25) is 0 Å². The first-order valence-electron chi connectivity index (χ1n) is 7.52. The van der Waals surface area contributed by atoms with E-state index in [1.165, 1.54) is 24.7 Å². The number of carbonyl (C=O) groups is 2. The maximum absolute atomic E-state index is 12.1. The van der Waals surface area contributed by atoms with E-state index >= 15 is 0 Å². The first kappa shape index (κ1) is 19.0. The molecule has 136 valence electrons. The van der Waals surface area contributed by atoms with Crippen LogP contribution in [0.15, 0.2) is 73.5 Å². The van der Waals surface area contributed by atoms with Crippen LogP contribution in [-0.2, 0) is 0 Å². The lowest BCUT2D eigenvalue weighted by Gasteiger charge is -2.07. The largest absolute Gasteiger partial charge is 0.457 e. The molecule has 1 aromatic carbocycles. The van der Waals surface area contributed by atoms with E-state index in [-0.39, 0.29) is 11.5 Å². The number of halogens is 2. The number of rotatable bonds is 5. The fraction of sp³-hybridized carbons (Fsp3) is 0. The highest BCUT2D eigenvalue weighted by atomic mass is 79.9. The van der Waals surface area contributed by atoms with Crippen LogP contribution < -0.4 is 10.2 Å². The number of carbonyl (C=O) groups excluding carboxylic acids is 2. The van der Waals surface area contributed by atoms with Crippen molar-refractivity contribution < 1.29 is 18.7 Å². The summed E-state index contributed by atoms with van der Waals surface area (Å²) in [6.07, 6.45) is 5.75. The van der Waals surface area contributed by atoms with Crippen LogP contribution in [0, 0.1) is 0 Å². The standard InChI is InChI=1S/C18H11Br2N3O4/c19-13-3-4-15(27-18(25)16-2-1-5-26-16)11(6-13)9-22-23-17(24)12-7-14(20)10-21-8-12/h1-10H,(H,23,24). The molecule has 9 heteroatoms. The summed E-state index contributed by atoms with van der Waals surface area (Å²) in [4.78, 5) is 28.1. The van der Waals surface area contributed by atoms with E-state index < -0.39 is 11.9 Å². The number of hydrogen-bond donors (Lipinski definition) is 1. The van der Waals surface area contributed by atoms with Crippen LogP contribution in [-0.4, -0.2) is 23.1 Å². The van der Waals surface area contributed by atoms with Gasteiger partial charge in [-0.3, -0.25) is 9.78 Å². The number of hydrazone groups is 1. The van der Waals surface area contributed by atoms with Crippen molar-refractivity contribution in [3.05, 3.63) is 80.9 Å². The van der Waals surface area contributed by atoms with Crippen LogP contribution in [0.1, 0.15) is 26.5 Å². The van der Waals surface area contributed by atoms with Crippen LogP contribution >= 0.6 is 31.9 Å². The van der Waals surface area contributed by atoms with Crippen molar-refractivity contribution in [2.75, 3.05) is 0 Å². The van der Waals surface area contributed by atoms with E-state index in [4.69, 9.17) is 9.15 Å². The molecule has 0 spiro atoms. The molecule has 0 radical (unpaired) electrons. The second-order valence-electron chi connectivity index (χ2n) is 5.14. The summed E-state index contributed by atoms with van der Waals surface area (Å²) >= 11 is 6.60. The maximum atomic E-state index is 12.1. The van der Waals surface area contributed by atoms with Gasteiger partial charge in [-0.15, -0.1) is 0 Å². The van der Waals surface area contributed by atoms with Gasteiger partial charge in [0.25, 0.3) is 5.91 Å². The molecule has 27 heavy (non-hydrogen) atoms. The van der Waals surface area contributed by atoms with Gasteiger partial charge < -0.3 is 9.15 Å². The molecule has 0 saturated heterocycles. The fourth-order valence-electron chi connectivity index (χ4n) is 2.02. The average Bonchev–Trinajstić information content (AvgIpc) is 3.18. The molecule has 0 aliphatic rings. The van der Waals surface area contributed by atoms with Crippen LogP contribution in [0.3, 0.4) is 0 Å². The summed E-state index contributed by atoms with van der Waals surface area (Å²) in [5.74, 6) is -0.719. The number of nitrogens with zero attached hydrogens (tertiary/aromatic N) is 2. The predicted molar refractivity (Wildman–Crippen MR) is 105 cm³/mol. The van der Waals surface area contributed by atoms with E-state index in [9.17, 15) is 9.59 Å². The van der Waals surface area contributed by atoms with Crippen molar-refractivity contribution >= 4 is 50.0 Å². The Morgan fingerprint density at radius 1 is 1.15 bits per heavy atom. The summed E-state index contributed by atoms with van der Waals surface area (Å²) < 4.78 is 11.8. The van der Waals surface area contributed by atoms with Crippen molar-refractivity contribution in [3.63, 3.8) is 0 Å². The zero-order valence-corrected chi connectivity index (χ0v) is 16.7. The summed E-state index contributed by atoms with van der Waals surface area (Å²) in [5, 5.41) is 3.92. The van der Waals surface area contributed by atoms with Crippen molar-refractivity contribution in [1.29, 1.82) is 0 Å². The molecule has 1 amide bonds. The number of furan rings is 1. The van der Waals surface area contributed by atoms with Gasteiger partial charge in [0.1, 0.15) is 5.75 Å². The van der Waals surface area contributed by atoms with Crippen LogP contribution in [0.4, 0.5) is 0 Å². The quantitative estimate of drug-likeness (QED) is 0.249. The Balaban J connectivity index is 1.73. The molecule has 3 aromatic rings. The Kier molecular flexibility index (Phi) is 6.15. The number of aromatic nitrogens is 1. The second kappa shape index (κ2) is 8.74. The highest BCUT2D eigenvalue weighted by Crippen LogP contribution is 2.23. The molecular weight excluding hydrogens is 482 g/mol. The van der Waals surface area contributed by atoms with Crippen molar-refractivity contribution in [2.24, 2.45) is 5.10 Å². The number of benzene rings is 1. The van der Waals surface area contributed by atoms with E-state index in [2.05, 4.69) is 47.4 Å². The Morgan fingerprint density at radius 2 is 2.00 bits per heavy atom. The molecule has 0 bridgehead atoms. The van der Waals surface area contributed by atoms with E-state index in [1.54, 1.807) is 36.5 Å². The third-order valence-electron chi connectivity index (χ3n) is 3.23. The smallest absolute Gasteiger partial charge is 0.379 e. The topological polar surface area (TPSA) is 93.8 Å². The first-order valence-corrected chi connectivity index (χ1v) is 9.11. The molecule has 0 unspecified atom stereocenters. The Morgan fingerprint density at radius 3 is 2.74 bits per heavy atom. The normalized spacial score (nSPS) is 10.7. The molecule has 0 aliphatic carbocycles. The predicted octanol–water partition coefficient (Wildman–Crippen LogP) is 4.18. The SMILES string of the molecule is O=C(NN=Cc1cc(Br)ccc1OC(=O)c1ccco1)c1cncc(Br)c1. The number of hydrogen-bond acceptors (Lipinski definition) is 6. The highest BCUT2D eigenvalue weighted by molar-refractivity contribution is 9.10. The molecule has 2 aromatic heterocycles. The van der Waals surface area contributed by atoms with Gasteiger partial charge in [-0.05, 0) is 52.3 Å². The molecular formula is C18H11Br2N3O4. The number of ether oxygens (including phenoxy) is 1. The Hall–Kier alpha value is -2.78. The molecule has 3 rings (SSSR count). The second-order valence-corrected chi connectivity index (χ2v) is 6.97. The molecule has 1 N–H and O–H groups in total. The summed E-state index contributed by atoms with van der Waals surface area (Å²) in [6, 6.07) is 9.73. The zero-order chi connectivity index (χ0) is 19.2. The maximum Gasteiger partial charge on any atom is 0.379 e. The minimum Gasteiger partial charge on any atom is -0.457 e. The van der Waals surface area contributed by atoms with Gasteiger partial charge in [-0.25, -0.2) is 10.2 Å². The lowest BCUT2D eigenvalue weighted by Crippen LogP contribution is -2.18. The number of amides is 1. The van der Waals surface area contributed by atoms with Crippen molar-refractivity contribution in [1.82, 2.24) is 10.4 Å². The number of pyridine rings is 1. The Labute approximate surface area is 170 Å². The monoisotopic (exact) mass is 491 g/mol. The van der Waals surface area contributed by atoms with E-state index in [0.29, 0.717) is 15.6 Å². The summed E-state index contributed by atoms with van der Waals surface area (Å²) in [6.45, 7) is 0. The lowest BCUT2D eigenvalue weighted by molar-refractivity contribution is 0.0701. The Bertz CT molecular complexity index is 1000. The van der Waals surface area contributed by atoms with Crippen LogP contribution in [0.5, 0.6) is 5.75 Å². The molecule has 2 heterocycles. The van der Waals surface area contributed by atoms with Gasteiger partial charge in [-0.1, -0.05) is 15.9 Å². The van der Waals surface area contributed by atoms with Gasteiger partial charge in [-0.2, -0.15) is 5.10 Å². The minimum atomic E-state index is -0.638. The molecule has 0 saturated carbocycles. The van der Waals surface area contributed by atoms with Crippen molar-refractivity contribution in [3.8, 4) is 5.75 Å². The third kappa shape index (κ3) is 5.11. The van der Waals surface area contributed by atoms with Gasteiger partial charge in [0.05, 0.1) is 18.0 Å². The van der Waals surface area contributed by atoms with Gasteiger partial charge in [0, 0.05) is 26.9 Å². The third-order valence-corrected chi connectivity index (χ3v) is 4.16. The van der Waals surface area contributed by atoms with Gasteiger partial charge in [0.2, 0.25) is 5.76 Å². The average molecular weight is 493 g/mol. The summed E-state index contributed by atoms with van der Waals surface area (Å²) in [5.41, 5.74) is 3.23. The lowest BCUT2D eigenvalue weighted by atomic mass is 10.2. The van der Waals surface area contributed by atoms with Gasteiger partial charge in [0.15, 0.2) is 0 Å². The highest BCUT2D eigenvalue weighted by Gasteiger charge is 2.14. The minimum absolute atomic E-state index is 0.0799. The fourth-order valence-corrected chi connectivity index (χ4v) is 2.76. The zero-order valence-electron chi connectivity index (χ0n) is 13.6. The number of nitrogens with one attached hydrogen (secondary N) is 1.